The lowest BCUT2D eigenvalue weighted by Gasteiger charge is -2.12. The summed E-state index contributed by atoms with van der Waals surface area (Å²) in [5.41, 5.74) is 10.1. The monoisotopic (exact) mass is 456 g/mol. The third-order valence-corrected chi connectivity index (χ3v) is 3.99. The largest absolute Gasteiger partial charge is 0.366 e. The first-order valence-electron chi connectivity index (χ1n) is 7.74. The van der Waals surface area contributed by atoms with Crippen LogP contribution in [0.5, 0.6) is 0 Å². The fourth-order valence-corrected chi connectivity index (χ4v) is 2.49. The third kappa shape index (κ3) is 5.45. The molecule has 2 rings (SSSR count). The van der Waals surface area contributed by atoms with Crippen molar-refractivity contribution in [2.75, 3.05) is 7.05 Å². The Morgan fingerprint density at radius 2 is 1.96 bits per heavy atom. The summed E-state index contributed by atoms with van der Waals surface area (Å²) in [6.45, 7) is 5.23. The highest BCUT2D eigenvalue weighted by molar-refractivity contribution is 14.0. The lowest BCUT2D eigenvalue weighted by atomic mass is 10.1. The number of aromatic nitrogens is 2. The van der Waals surface area contributed by atoms with Gasteiger partial charge in [-0.05, 0) is 31.5 Å². The van der Waals surface area contributed by atoms with Gasteiger partial charge in [0, 0.05) is 44.0 Å². The van der Waals surface area contributed by atoms with Crippen LogP contribution >= 0.6 is 24.0 Å². The summed E-state index contributed by atoms with van der Waals surface area (Å²) < 4.78 is 1.87. The van der Waals surface area contributed by atoms with E-state index in [4.69, 9.17) is 5.73 Å². The molecule has 25 heavy (non-hydrogen) atoms. The van der Waals surface area contributed by atoms with Gasteiger partial charge in [0.2, 0.25) is 5.91 Å². The Kier molecular flexibility index (Phi) is 7.88. The van der Waals surface area contributed by atoms with Crippen molar-refractivity contribution in [2.24, 2.45) is 17.8 Å². The van der Waals surface area contributed by atoms with E-state index in [0.717, 1.165) is 22.5 Å². The van der Waals surface area contributed by atoms with Gasteiger partial charge < -0.3 is 16.4 Å². The molecule has 0 spiro atoms. The second kappa shape index (κ2) is 9.40. The minimum absolute atomic E-state index is 0. The second-order valence-corrected chi connectivity index (χ2v) is 5.62. The Hall–Kier alpha value is -2.10. The molecule has 7 nitrogen and oxygen atoms in total. The minimum Gasteiger partial charge on any atom is -0.366 e. The second-order valence-electron chi connectivity index (χ2n) is 5.62. The summed E-state index contributed by atoms with van der Waals surface area (Å²) in [5.74, 6) is 0.254. The van der Waals surface area contributed by atoms with Crippen LogP contribution in [0.1, 0.15) is 32.9 Å². The predicted molar refractivity (Wildman–Crippen MR) is 110 cm³/mol. The quantitative estimate of drug-likeness (QED) is 0.362. The smallest absolute Gasteiger partial charge is 0.248 e. The number of nitrogens with one attached hydrogen (secondary N) is 2. The maximum absolute atomic E-state index is 11.2. The Labute approximate surface area is 165 Å². The summed E-state index contributed by atoms with van der Waals surface area (Å²) >= 11 is 0. The first kappa shape index (κ1) is 20.9. The lowest BCUT2D eigenvalue weighted by molar-refractivity contribution is 0.1000. The number of hydrogen-bond acceptors (Lipinski definition) is 3. The minimum atomic E-state index is -0.429. The van der Waals surface area contributed by atoms with Crippen LogP contribution in [-0.2, 0) is 20.1 Å². The topological polar surface area (TPSA) is 97.3 Å². The number of primary amides is 1. The zero-order valence-corrected chi connectivity index (χ0v) is 17.3. The van der Waals surface area contributed by atoms with Crippen LogP contribution in [0.3, 0.4) is 0 Å². The maximum Gasteiger partial charge on any atom is 0.248 e. The molecule has 0 bridgehead atoms. The number of halogens is 1. The highest BCUT2D eigenvalue weighted by Gasteiger charge is 2.09. The van der Waals surface area contributed by atoms with Crippen molar-refractivity contribution in [3.05, 3.63) is 52.3 Å². The van der Waals surface area contributed by atoms with Crippen LogP contribution < -0.4 is 16.4 Å². The molecule has 1 heterocycles. The molecule has 1 aromatic heterocycles. The maximum atomic E-state index is 11.2. The molecule has 0 atom stereocenters. The van der Waals surface area contributed by atoms with E-state index in [1.165, 1.54) is 0 Å². The summed E-state index contributed by atoms with van der Waals surface area (Å²) in [6, 6.07) is 7.22. The van der Waals surface area contributed by atoms with Crippen LogP contribution in [0.25, 0.3) is 0 Å². The zero-order valence-electron chi connectivity index (χ0n) is 15.0. The zero-order chi connectivity index (χ0) is 17.7. The number of nitrogens with zero attached hydrogens (tertiary/aromatic N) is 3. The molecule has 0 aliphatic heterocycles. The van der Waals surface area contributed by atoms with E-state index >= 15 is 0 Å². The van der Waals surface area contributed by atoms with Crippen molar-refractivity contribution in [1.82, 2.24) is 20.4 Å². The number of amides is 1. The van der Waals surface area contributed by atoms with Gasteiger partial charge >= 0.3 is 0 Å². The molecule has 0 saturated heterocycles. The van der Waals surface area contributed by atoms with Gasteiger partial charge in [-0.15, -0.1) is 24.0 Å². The van der Waals surface area contributed by atoms with Crippen LogP contribution in [0.4, 0.5) is 0 Å². The number of hydrogen-bond donors (Lipinski definition) is 3. The fourth-order valence-electron chi connectivity index (χ4n) is 2.49. The lowest BCUT2D eigenvalue weighted by Crippen LogP contribution is -2.36. The van der Waals surface area contributed by atoms with Crippen LogP contribution in [0.15, 0.2) is 29.3 Å². The van der Waals surface area contributed by atoms with Gasteiger partial charge in [-0.3, -0.25) is 14.5 Å². The molecular formula is C17H25IN6O. The van der Waals surface area contributed by atoms with Crippen LogP contribution in [-0.4, -0.2) is 28.7 Å². The van der Waals surface area contributed by atoms with E-state index in [1.54, 1.807) is 19.2 Å². The number of aryl methyl sites for hydroxylation is 2. The average molecular weight is 456 g/mol. The van der Waals surface area contributed by atoms with Crippen molar-refractivity contribution in [1.29, 1.82) is 0 Å². The number of guanidine groups is 1. The first-order chi connectivity index (χ1) is 11.4. The van der Waals surface area contributed by atoms with E-state index < -0.39 is 5.91 Å². The predicted octanol–water partition coefficient (Wildman–Crippen LogP) is 1.62. The molecule has 0 fully saturated rings. The summed E-state index contributed by atoms with van der Waals surface area (Å²) in [7, 11) is 3.66. The highest BCUT2D eigenvalue weighted by Crippen LogP contribution is 2.11. The van der Waals surface area contributed by atoms with E-state index in [2.05, 4.69) is 20.7 Å². The molecule has 1 amide bonds. The van der Waals surface area contributed by atoms with Gasteiger partial charge in [0.25, 0.3) is 0 Å². The molecule has 0 unspecified atom stereocenters. The van der Waals surface area contributed by atoms with Crippen molar-refractivity contribution in [3.63, 3.8) is 0 Å². The normalized spacial score (nSPS) is 11.0. The van der Waals surface area contributed by atoms with Gasteiger partial charge in [-0.25, -0.2) is 0 Å². The number of carbonyl (C=O) groups is 1. The molecular weight excluding hydrogens is 431 g/mol. The molecule has 0 radical (unpaired) electrons. The van der Waals surface area contributed by atoms with Gasteiger partial charge in [-0.2, -0.15) is 5.10 Å². The van der Waals surface area contributed by atoms with E-state index in [-0.39, 0.29) is 24.0 Å². The Morgan fingerprint density at radius 3 is 2.52 bits per heavy atom. The summed E-state index contributed by atoms with van der Waals surface area (Å²) in [6.07, 6.45) is 0. The van der Waals surface area contributed by atoms with E-state index in [0.29, 0.717) is 24.6 Å². The summed E-state index contributed by atoms with van der Waals surface area (Å²) in [5, 5.41) is 10.9. The molecule has 4 N–H and O–H groups in total. The van der Waals surface area contributed by atoms with Gasteiger partial charge in [0.05, 0.1) is 5.69 Å². The molecule has 2 aromatic rings. The van der Waals surface area contributed by atoms with Gasteiger partial charge in [-0.1, -0.05) is 12.1 Å². The van der Waals surface area contributed by atoms with E-state index in [9.17, 15) is 4.79 Å². The number of rotatable bonds is 5. The molecule has 8 heteroatoms. The highest BCUT2D eigenvalue weighted by atomic mass is 127. The standard InChI is InChI=1S/C17H24N6O.HI/c1-11-15(12(2)23(4)22-11)10-21-17(19-3)20-9-13-6-5-7-14(8-13)16(18)24;/h5-8H,9-10H2,1-4H3,(H2,18,24)(H2,19,20,21);1H. The number of benzene rings is 1. The van der Waals surface area contributed by atoms with Crippen molar-refractivity contribution in [3.8, 4) is 0 Å². The van der Waals surface area contributed by atoms with Gasteiger partial charge in [0.15, 0.2) is 5.96 Å². The fraction of sp³-hybridized carbons (Fsp3) is 0.353. The molecule has 136 valence electrons. The van der Waals surface area contributed by atoms with Crippen LogP contribution in [0, 0.1) is 13.8 Å². The number of carbonyl (C=O) groups excluding carboxylic acids is 1. The molecule has 0 saturated carbocycles. The van der Waals surface area contributed by atoms with Crippen LogP contribution in [0.2, 0.25) is 0 Å². The van der Waals surface area contributed by atoms with Crippen molar-refractivity contribution in [2.45, 2.75) is 26.9 Å². The van der Waals surface area contributed by atoms with Crippen molar-refractivity contribution >= 4 is 35.8 Å². The Bertz CT molecular complexity index is 768. The third-order valence-electron chi connectivity index (χ3n) is 3.99. The van der Waals surface area contributed by atoms with Crippen molar-refractivity contribution < 1.29 is 4.79 Å². The average Bonchev–Trinajstić information content (AvgIpc) is 2.81. The molecule has 0 aliphatic rings. The molecule has 0 aliphatic carbocycles. The Balaban J connectivity index is 0.00000312. The molecule has 1 aromatic carbocycles. The Morgan fingerprint density at radius 1 is 1.28 bits per heavy atom. The van der Waals surface area contributed by atoms with Gasteiger partial charge in [0.1, 0.15) is 0 Å². The number of nitrogens with two attached hydrogens (primary N) is 1. The SMILES string of the molecule is CN=C(NCc1cccc(C(N)=O)c1)NCc1c(C)nn(C)c1C.I. The first-order valence-corrected chi connectivity index (χ1v) is 7.74. The number of aliphatic imine (C=N–C) groups is 1. The van der Waals surface area contributed by atoms with E-state index in [1.807, 2.05) is 37.7 Å². The summed E-state index contributed by atoms with van der Waals surface area (Å²) in [4.78, 5) is 15.4.